The average molecular weight is 308 g/mol. The van der Waals surface area contributed by atoms with Gasteiger partial charge < -0.3 is 5.32 Å². The van der Waals surface area contributed by atoms with E-state index in [9.17, 15) is 14.9 Å². The van der Waals surface area contributed by atoms with Crippen molar-refractivity contribution >= 4 is 23.4 Å². The highest BCUT2D eigenvalue weighted by Crippen LogP contribution is 2.25. The van der Waals surface area contributed by atoms with Gasteiger partial charge >= 0.3 is 0 Å². The summed E-state index contributed by atoms with van der Waals surface area (Å²) in [7, 11) is 0. The summed E-state index contributed by atoms with van der Waals surface area (Å²) < 4.78 is 0. The average Bonchev–Trinajstić information content (AvgIpc) is 3.00. The Morgan fingerprint density at radius 3 is 2.74 bits per heavy atom. The number of nitro groups is 1. The van der Waals surface area contributed by atoms with E-state index >= 15 is 0 Å². The second-order valence-corrected chi connectivity index (χ2v) is 5.48. The maximum absolute atomic E-state index is 12.0. The molecule has 0 saturated carbocycles. The fraction of sp³-hybridized carbons (Fsp3) is 0.167. The van der Waals surface area contributed by atoms with Crippen molar-refractivity contribution in [1.82, 2.24) is 0 Å². The van der Waals surface area contributed by atoms with Gasteiger partial charge in [-0.2, -0.15) is 0 Å². The predicted molar refractivity (Wildman–Crippen MR) is 89.2 cm³/mol. The second kappa shape index (κ2) is 6.44. The molecule has 0 spiro atoms. The smallest absolute Gasteiger partial charge is 0.276 e. The largest absolute Gasteiger partial charge is 0.323 e. The topological polar surface area (TPSA) is 72.2 Å². The van der Waals surface area contributed by atoms with Gasteiger partial charge in [-0.1, -0.05) is 18.2 Å². The second-order valence-electron chi connectivity index (χ2n) is 5.48. The molecule has 0 unspecified atom stereocenters. The van der Waals surface area contributed by atoms with E-state index in [0.29, 0.717) is 5.56 Å². The Morgan fingerprint density at radius 2 is 1.91 bits per heavy atom. The van der Waals surface area contributed by atoms with Gasteiger partial charge in [0.05, 0.1) is 10.5 Å². The van der Waals surface area contributed by atoms with Crippen LogP contribution in [-0.2, 0) is 17.6 Å². The number of para-hydroxylation sites is 1. The summed E-state index contributed by atoms with van der Waals surface area (Å²) in [4.78, 5) is 22.5. The number of benzene rings is 2. The molecule has 3 rings (SSSR count). The molecule has 0 radical (unpaired) electrons. The Balaban J connectivity index is 1.71. The number of rotatable bonds is 4. The number of hydrogen-bond acceptors (Lipinski definition) is 3. The van der Waals surface area contributed by atoms with Crippen molar-refractivity contribution < 1.29 is 9.72 Å². The molecular formula is C18H16N2O3. The summed E-state index contributed by atoms with van der Waals surface area (Å²) in [5, 5.41) is 13.7. The van der Waals surface area contributed by atoms with Crippen LogP contribution in [0.15, 0.2) is 48.5 Å². The highest BCUT2D eigenvalue weighted by atomic mass is 16.6. The summed E-state index contributed by atoms with van der Waals surface area (Å²) in [6.45, 7) is 0. The number of carbonyl (C=O) groups excluding carboxylic acids is 1. The van der Waals surface area contributed by atoms with Crippen molar-refractivity contribution in [2.75, 3.05) is 5.32 Å². The van der Waals surface area contributed by atoms with E-state index in [-0.39, 0.29) is 11.6 Å². The number of anilines is 1. The normalized spacial score (nSPS) is 13.0. The summed E-state index contributed by atoms with van der Waals surface area (Å²) >= 11 is 0. The van der Waals surface area contributed by atoms with E-state index in [1.807, 2.05) is 18.2 Å². The summed E-state index contributed by atoms with van der Waals surface area (Å²) in [5.74, 6) is -0.305. The first-order valence-electron chi connectivity index (χ1n) is 7.48. The quantitative estimate of drug-likeness (QED) is 0.531. The molecule has 23 heavy (non-hydrogen) atoms. The van der Waals surface area contributed by atoms with Gasteiger partial charge in [0.15, 0.2) is 0 Å². The lowest BCUT2D eigenvalue weighted by atomic mass is 10.1. The van der Waals surface area contributed by atoms with Gasteiger partial charge in [0.25, 0.3) is 5.69 Å². The van der Waals surface area contributed by atoms with Crippen molar-refractivity contribution in [2.24, 2.45) is 0 Å². The van der Waals surface area contributed by atoms with E-state index in [0.717, 1.165) is 24.9 Å². The standard InChI is InChI=1S/C18H16N2O3/c21-18(11-9-14-4-1-2-7-17(14)20(22)23)19-16-10-8-13-5-3-6-15(13)12-16/h1-2,4,7-12H,3,5-6H2,(H,19,21)/b11-9+. The molecular weight excluding hydrogens is 292 g/mol. The molecule has 0 heterocycles. The first-order valence-corrected chi connectivity index (χ1v) is 7.48. The SMILES string of the molecule is O=C(/C=C/c1ccccc1[N+](=O)[O-])Nc1ccc2c(c1)CCC2. The van der Waals surface area contributed by atoms with Crippen molar-refractivity contribution in [3.05, 3.63) is 75.3 Å². The molecule has 2 aromatic carbocycles. The van der Waals surface area contributed by atoms with Crippen LogP contribution in [0.4, 0.5) is 11.4 Å². The number of nitro benzene ring substituents is 1. The maximum atomic E-state index is 12.0. The van der Waals surface area contributed by atoms with Crippen LogP contribution in [0.25, 0.3) is 6.08 Å². The lowest BCUT2D eigenvalue weighted by Crippen LogP contribution is -2.08. The van der Waals surface area contributed by atoms with Gasteiger partial charge in [-0.25, -0.2) is 0 Å². The number of carbonyl (C=O) groups is 1. The van der Waals surface area contributed by atoms with Gasteiger partial charge in [-0.05, 0) is 54.7 Å². The van der Waals surface area contributed by atoms with Crippen LogP contribution < -0.4 is 5.32 Å². The third-order valence-corrected chi connectivity index (χ3v) is 3.91. The molecule has 5 heteroatoms. The van der Waals surface area contributed by atoms with Gasteiger partial charge in [-0.15, -0.1) is 0 Å². The molecule has 1 amide bonds. The molecule has 116 valence electrons. The molecule has 2 aromatic rings. The molecule has 5 nitrogen and oxygen atoms in total. The number of nitrogens with zero attached hydrogens (tertiary/aromatic N) is 1. The Hall–Kier alpha value is -2.95. The van der Waals surface area contributed by atoms with Crippen LogP contribution in [0.1, 0.15) is 23.1 Å². The Kier molecular flexibility index (Phi) is 4.19. The predicted octanol–water partition coefficient (Wildman–Crippen LogP) is 3.74. The first kappa shape index (κ1) is 15.0. The van der Waals surface area contributed by atoms with E-state index in [2.05, 4.69) is 5.32 Å². The molecule has 0 atom stereocenters. The number of aryl methyl sites for hydroxylation is 2. The lowest BCUT2D eigenvalue weighted by molar-refractivity contribution is -0.385. The highest BCUT2D eigenvalue weighted by molar-refractivity contribution is 6.02. The summed E-state index contributed by atoms with van der Waals surface area (Å²) in [6.07, 6.45) is 6.08. The molecule has 0 bridgehead atoms. The minimum Gasteiger partial charge on any atom is -0.323 e. The van der Waals surface area contributed by atoms with Crippen LogP contribution >= 0.6 is 0 Å². The Morgan fingerprint density at radius 1 is 1.13 bits per heavy atom. The van der Waals surface area contributed by atoms with Gasteiger partial charge in [0.2, 0.25) is 5.91 Å². The van der Waals surface area contributed by atoms with E-state index < -0.39 is 4.92 Å². The molecule has 0 aliphatic heterocycles. The van der Waals surface area contributed by atoms with E-state index in [4.69, 9.17) is 0 Å². The maximum Gasteiger partial charge on any atom is 0.276 e. The fourth-order valence-electron chi connectivity index (χ4n) is 2.79. The molecule has 0 saturated heterocycles. The molecule has 0 fully saturated rings. The van der Waals surface area contributed by atoms with Crippen LogP contribution in [0.3, 0.4) is 0 Å². The first-order chi connectivity index (χ1) is 11.1. The minimum absolute atomic E-state index is 0.0194. The zero-order valence-corrected chi connectivity index (χ0v) is 12.5. The van der Waals surface area contributed by atoms with Crippen molar-refractivity contribution in [1.29, 1.82) is 0 Å². The zero-order valence-electron chi connectivity index (χ0n) is 12.5. The van der Waals surface area contributed by atoms with Crippen LogP contribution in [0.2, 0.25) is 0 Å². The van der Waals surface area contributed by atoms with Crippen molar-refractivity contribution in [2.45, 2.75) is 19.3 Å². The fourth-order valence-corrected chi connectivity index (χ4v) is 2.79. The zero-order chi connectivity index (χ0) is 16.2. The highest BCUT2D eigenvalue weighted by Gasteiger charge is 2.12. The Labute approximate surface area is 133 Å². The third-order valence-electron chi connectivity index (χ3n) is 3.91. The number of hydrogen-bond donors (Lipinski definition) is 1. The molecule has 1 aliphatic carbocycles. The van der Waals surface area contributed by atoms with Crippen molar-refractivity contribution in [3.63, 3.8) is 0 Å². The van der Waals surface area contributed by atoms with Gasteiger partial charge in [0.1, 0.15) is 0 Å². The number of fused-ring (bicyclic) bond motifs is 1. The number of amides is 1. The van der Waals surface area contributed by atoms with Gasteiger partial charge in [-0.3, -0.25) is 14.9 Å². The Bertz CT molecular complexity index is 797. The summed E-state index contributed by atoms with van der Waals surface area (Å²) in [6, 6.07) is 12.3. The summed E-state index contributed by atoms with van der Waals surface area (Å²) in [5.41, 5.74) is 3.77. The molecule has 1 aliphatic rings. The van der Waals surface area contributed by atoms with Gasteiger partial charge in [0, 0.05) is 17.8 Å². The van der Waals surface area contributed by atoms with Crippen LogP contribution in [0.5, 0.6) is 0 Å². The monoisotopic (exact) mass is 308 g/mol. The van der Waals surface area contributed by atoms with Crippen LogP contribution in [-0.4, -0.2) is 10.8 Å². The van der Waals surface area contributed by atoms with E-state index in [1.165, 1.54) is 29.3 Å². The molecule has 1 N–H and O–H groups in total. The van der Waals surface area contributed by atoms with Crippen LogP contribution in [0, 0.1) is 10.1 Å². The lowest BCUT2D eigenvalue weighted by Gasteiger charge is -2.05. The van der Waals surface area contributed by atoms with Crippen molar-refractivity contribution in [3.8, 4) is 0 Å². The molecule has 0 aromatic heterocycles. The minimum atomic E-state index is -0.460. The third kappa shape index (κ3) is 3.45. The van der Waals surface area contributed by atoms with E-state index in [1.54, 1.807) is 18.2 Å². The number of nitrogens with one attached hydrogen (secondary N) is 1.